The fraction of sp³-hybridized carbons (Fsp3) is 0.780. The van der Waals surface area contributed by atoms with Crippen LogP contribution in [0.5, 0.6) is 0 Å². The third-order valence-electron chi connectivity index (χ3n) is 12.5. The van der Waals surface area contributed by atoms with Crippen LogP contribution in [0.2, 0.25) is 0 Å². The van der Waals surface area contributed by atoms with Gasteiger partial charge < -0.3 is 15.5 Å². The van der Waals surface area contributed by atoms with Gasteiger partial charge in [-0.05, 0) is 64.2 Å². The summed E-state index contributed by atoms with van der Waals surface area (Å²) in [7, 11) is 0. The molecule has 0 heterocycles. The highest BCUT2D eigenvalue weighted by Crippen LogP contribution is 2.17. The Hall–Kier alpha value is -2.17. The quantitative estimate of drug-likeness (QED) is 0.0421. The number of aliphatic hydroxyl groups excluding tert-OH is 2. The Kier molecular flexibility index (Phi) is 52.3. The van der Waals surface area contributed by atoms with Gasteiger partial charge in [0.1, 0.15) is 0 Å². The van der Waals surface area contributed by atoms with E-state index in [1.54, 1.807) is 0 Å². The molecule has 0 saturated carbocycles. The standard InChI is InChI=1S/C59H107NO3/c1-3-5-7-9-11-13-15-17-19-21-23-25-27-28-29-30-31-32-33-35-37-39-41-43-45-47-49-51-53-55-59(63)60-57(56-61)58(62)54-52-50-48-46-44-42-40-38-36-34-26-24-22-20-18-16-14-12-10-8-6-4-2/h5,7,11,13,17,19,23,25,28-29,31-32,57-58,61-62H,3-4,6,8-10,12,14-16,18,20-22,24,26-27,30,33-56H2,1-2H3,(H,60,63)/b7-5-,13-11-,19-17-,25-23-,29-28-,32-31-. The molecular formula is C59H107NO3. The molecule has 0 aromatic rings. The first-order valence-electron chi connectivity index (χ1n) is 27.6. The molecule has 0 fully saturated rings. The average molecular weight is 879 g/mol. The minimum absolute atomic E-state index is 0.0359. The molecule has 0 rings (SSSR count). The summed E-state index contributed by atoms with van der Waals surface area (Å²) in [6.07, 6.45) is 77.3. The Morgan fingerprint density at radius 2 is 0.698 bits per heavy atom. The lowest BCUT2D eigenvalue weighted by Gasteiger charge is -2.22. The van der Waals surface area contributed by atoms with Crippen molar-refractivity contribution in [1.29, 1.82) is 0 Å². The van der Waals surface area contributed by atoms with E-state index in [0.717, 1.165) is 64.2 Å². The number of allylic oxidation sites excluding steroid dienone is 12. The van der Waals surface area contributed by atoms with Gasteiger partial charge in [-0.15, -0.1) is 0 Å². The van der Waals surface area contributed by atoms with Gasteiger partial charge in [-0.1, -0.05) is 279 Å². The highest BCUT2D eigenvalue weighted by Gasteiger charge is 2.20. The number of carbonyl (C=O) groups is 1. The molecular weight excluding hydrogens is 771 g/mol. The summed E-state index contributed by atoms with van der Waals surface area (Å²) in [5.74, 6) is -0.0359. The van der Waals surface area contributed by atoms with E-state index >= 15 is 0 Å². The van der Waals surface area contributed by atoms with Crippen LogP contribution in [0.1, 0.15) is 277 Å². The molecule has 4 heteroatoms. The van der Waals surface area contributed by atoms with Crippen molar-refractivity contribution in [3.63, 3.8) is 0 Å². The molecule has 2 atom stereocenters. The largest absolute Gasteiger partial charge is 0.394 e. The predicted octanol–water partition coefficient (Wildman–Crippen LogP) is 18.2. The lowest BCUT2D eigenvalue weighted by Crippen LogP contribution is -2.45. The van der Waals surface area contributed by atoms with E-state index < -0.39 is 12.1 Å². The average Bonchev–Trinajstić information content (AvgIpc) is 3.29. The number of aliphatic hydroxyl groups is 2. The van der Waals surface area contributed by atoms with Crippen molar-refractivity contribution in [2.24, 2.45) is 0 Å². The van der Waals surface area contributed by atoms with Crippen molar-refractivity contribution in [3.05, 3.63) is 72.9 Å². The van der Waals surface area contributed by atoms with Crippen LogP contribution < -0.4 is 5.32 Å². The fourth-order valence-corrected chi connectivity index (χ4v) is 8.31. The molecule has 0 aromatic carbocycles. The number of unbranched alkanes of at least 4 members (excludes halogenated alkanes) is 31. The minimum atomic E-state index is -0.666. The zero-order valence-electron chi connectivity index (χ0n) is 42.1. The number of nitrogens with one attached hydrogen (secondary N) is 1. The smallest absolute Gasteiger partial charge is 0.220 e. The van der Waals surface area contributed by atoms with Crippen LogP contribution >= 0.6 is 0 Å². The molecule has 0 aromatic heterocycles. The first kappa shape index (κ1) is 60.8. The lowest BCUT2D eigenvalue weighted by atomic mass is 10.0. The zero-order valence-corrected chi connectivity index (χ0v) is 42.1. The third-order valence-corrected chi connectivity index (χ3v) is 12.5. The van der Waals surface area contributed by atoms with Crippen LogP contribution in [-0.4, -0.2) is 34.9 Å². The Morgan fingerprint density at radius 1 is 0.397 bits per heavy atom. The maximum absolute atomic E-state index is 12.5. The first-order chi connectivity index (χ1) is 31.2. The van der Waals surface area contributed by atoms with E-state index in [1.807, 2.05) is 0 Å². The van der Waals surface area contributed by atoms with Gasteiger partial charge in [-0.3, -0.25) is 4.79 Å². The molecule has 366 valence electrons. The molecule has 0 saturated heterocycles. The monoisotopic (exact) mass is 878 g/mol. The maximum Gasteiger partial charge on any atom is 0.220 e. The molecule has 0 aliphatic heterocycles. The van der Waals surface area contributed by atoms with E-state index in [-0.39, 0.29) is 12.5 Å². The molecule has 0 spiro atoms. The van der Waals surface area contributed by atoms with Crippen LogP contribution in [0.25, 0.3) is 0 Å². The Balaban J connectivity index is 3.52. The van der Waals surface area contributed by atoms with E-state index in [1.165, 1.54) is 186 Å². The van der Waals surface area contributed by atoms with E-state index in [0.29, 0.717) is 12.8 Å². The summed E-state index contributed by atoms with van der Waals surface area (Å²) in [6.45, 7) is 4.26. The van der Waals surface area contributed by atoms with Crippen LogP contribution in [0.3, 0.4) is 0 Å². The number of amides is 1. The van der Waals surface area contributed by atoms with Crippen LogP contribution in [0, 0.1) is 0 Å². The highest BCUT2D eigenvalue weighted by molar-refractivity contribution is 5.76. The van der Waals surface area contributed by atoms with Gasteiger partial charge in [0.15, 0.2) is 0 Å². The molecule has 0 aliphatic carbocycles. The normalized spacial score (nSPS) is 13.4. The molecule has 0 aliphatic rings. The second kappa shape index (κ2) is 54.2. The van der Waals surface area contributed by atoms with Gasteiger partial charge in [0, 0.05) is 6.42 Å². The van der Waals surface area contributed by atoms with E-state index in [4.69, 9.17) is 0 Å². The highest BCUT2D eigenvalue weighted by atomic mass is 16.3. The van der Waals surface area contributed by atoms with Crippen molar-refractivity contribution in [2.45, 2.75) is 289 Å². The molecule has 63 heavy (non-hydrogen) atoms. The Labute approximate surface area is 393 Å². The van der Waals surface area contributed by atoms with Crippen LogP contribution in [0.15, 0.2) is 72.9 Å². The summed E-state index contributed by atoms with van der Waals surface area (Å²) >= 11 is 0. The van der Waals surface area contributed by atoms with Crippen molar-refractivity contribution >= 4 is 5.91 Å². The second-order valence-electron chi connectivity index (χ2n) is 18.6. The molecule has 1 amide bonds. The van der Waals surface area contributed by atoms with Gasteiger partial charge in [-0.25, -0.2) is 0 Å². The van der Waals surface area contributed by atoms with E-state index in [2.05, 4.69) is 92.1 Å². The topological polar surface area (TPSA) is 69.6 Å². The molecule has 2 unspecified atom stereocenters. The van der Waals surface area contributed by atoms with Crippen molar-refractivity contribution < 1.29 is 15.0 Å². The SMILES string of the molecule is CC/C=C\C/C=C\C/C=C\C/C=C\C/C=C\C/C=C\CCCCCCCCCCCCC(=O)NC(CO)C(O)CCCCCCCCCCCCCCCCCCCCCCCC. The van der Waals surface area contributed by atoms with Crippen molar-refractivity contribution in [1.82, 2.24) is 5.32 Å². The van der Waals surface area contributed by atoms with E-state index in [9.17, 15) is 15.0 Å². The zero-order chi connectivity index (χ0) is 45.6. The Morgan fingerprint density at radius 3 is 1.05 bits per heavy atom. The minimum Gasteiger partial charge on any atom is -0.394 e. The van der Waals surface area contributed by atoms with Gasteiger partial charge in [0.05, 0.1) is 18.8 Å². The van der Waals surface area contributed by atoms with Gasteiger partial charge in [0.2, 0.25) is 5.91 Å². The predicted molar refractivity (Wildman–Crippen MR) is 281 cm³/mol. The van der Waals surface area contributed by atoms with Crippen molar-refractivity contribution in [2.75, 3.05) is 6.61 Å². The number of carbonyl (C=O) groups excluding carboxylic acids is 1. The third kappa shape index (κ3) is 50.7. The van der Waals surface area contributed by atoms with Gasteiger partial charge in [-0.2, -0.15) is 0 Å². The number of hydrogen-bond acceptors (Lipinski definition) is 3. The molecule has 3 N–H and O–H groups in total. The van der Waals surface area contributed by atoms with Gasteiger partial charge in [0.25, 0.3) is 0 Å². The van der Waals surface area contributed by atoms with Crippen molar-refractivity contribution in [3.8, 4) is 0 Å². The summed E-state index contributed by atoms with van der Waals surface area (Å²) in [6, 6.07) is -0.543. The molecule has 0 radical (unpaired) electrons. The molecule has 4 nitrogen and oxygen atoms in total. The van der Waals surface area contributed by atoms with Gasteiger partial charge >= 0.3 is 0 Å². The summed E-state index contributed by atoms with van der Waals surface area (Å²) in [4.78, 5) is 12.5. The summed E-state index contributed by atoms with van der Waals surface area (Å²) < 4.78 is 0. The first-order valence-corrected chi connectivity index (χ1v) is 27.6. The number of hydrogen-bond donors (Lipinski definition) is 3. The summed E-state index contributed by atoms with van der Waals surface area (Å²) in [5.41, 5.74) is 0. The maximum atomic E-state index is 12.5. The van der Waals surface area contributed by atoms with Crippen LogP contribution in [-0.2, 0) is 4.79 Å². The number of rotatable bonds is 50. The van der Waals surface area contributed by atoms with Crippen LogP contribution in [0.4, 0.5) is 0 Å². The Bertz CT molecular complexity index is 1090. The second-order valence-corrected chi connectivity index (χ2v) is 18.6. The lowest BCUT2D eigenvalue weighted by molar-refractivity contribution is -0.123. The fourth-order valence-electron chi connectivity index (χ4n) is 8.31. The molecule has 0 bridgehead atoms. The summed E-state index contributed by atoms with van der Waals surface area (Å²) in [5, 5.41) is 23.3.